The number of fused-ring (bicyclic) bond motifs is 2. The van der Waals surface area contributed by atoms with Crippen LogP contribution in [0.3, 0.4) is 0 Å². The van der Waals surface area contributed by atoms with E-state index in [4.69, 9.17) is 18.9 Å². The van der Waals surface area contributed by atoms with Crippen LogP contribution < -0.4 is 18.9 Å². The van der Waals surface area contributed by atoms with Crippen LogP contribution in [0.5, 0.6) is 34.5 Å². The monoisotopic (exact) mass is 636 g/mol. The molecule has 2 aliphatic rings. The predicted molar refractivity (Wildman–Crippen MR) is 185 cm³/mol. The summed E-state index contributed by atoms with van der Waals surface area (Å²) < 4.78 is 21.9. The van der Waals surface area contributed by atoms with Crippen LogP contribution in [0.25, 0.3) is 6.08 Å². The third-order valence-corrected chi connectivity index (χ3v) is 9.56. The van der Waals surface area contributed by atoms with E-state index in [0.717, 1.165) is 53.0 Å². The van der Waals surface area contributed by atoms with Crippen LogP contribution in [0, 0.1) is 47.5 Å². The lowest BCUT2D eigenvalue weighted by molar-refractivity contribution is 0.1000. The van der Waals surface area contributed by atoms with E-state index in [0.29, 0.717) is 34.3 Å². The minimum atomic E-state index is -0.0212. The van der Waals surface area contributed by atoms with Gasteiger partial charge in [-0.15, -0.1) is 0 Å². The number of ketones is 1. The Balaban J connectivity index is 0.000000185. The standard InChI is InChI=1S/C20H20O4.C20H24O3/c1-11-7-18-19(13(3)12(11)2)20(22)15(10-24-18)8-14-5-6-17(23-4)16(21)9-14;1-12-7-20-17(14(3)13(12)2)9-16(11-23-20)8-15-5-6-19(22-4)18(21)10-15/h5-9,21H,10H2,1-4H3;5-7,10,16,21H,8-9,11H2,1-4H3/b15-8+;. The molecule has 0 radical (unpaired) electrons. The summed E-state index contributed by atoms with van der Waals surface area (Å²) in [4.78, 5) is 12.9. The number of aryl methyl sites for hydroxylation is 2. The lowest BCUT2D eigenvalue weighted by atomic mass is 9.86. The molecule has 7 heteroatoms. The number of benzene rings is 4. The van der Waals surface area contributed by atoms with Gasteiger partial charge in [0.2, 0.25) is 0 Å². The SMILES string of the molecule is COc1ccc(/C=C2\COc3cc(C)c(C)c(C)c3C2=O)cc1O.COc1ccc(CC2COc3cc(C)c(C)c(C)c3C2)cc1O. The Morgan fingerprint density at radius 2 is 1.38 bits per heavy atom. The molecule has 2 N–H and O–H groups in total. The van der Waals surface area contributed by atoms with Gasteiger partial charge in [-0.2, -0.15) is 0 Å². The first-order valence-corrected chi connectivity index (χ1v) is 15.9. The molecule has 0 aliphatic carbocycles. The maximum atomic E-state index is 12.9. The zero-order chi connectivity index (χ0) is 34.0. The van der Waals surface area contributed by atoms with E-state index >= 15 is 0 Å². The largest absolute Gasteiger partial charge is 0.504 e. The van der Waals surface area contributed by atoms with Crippen molar-refractivity contribution in [3.8, 4) is 34.5 Å². The molecule has 4 aromatic rings. The number of ether oxygens (including phenoxy) is 4. The molecule has 0 saturated carbocycles. The van der Waals surface area contributed by atoms with Crippen molar-refractivity contribution < 1.29 is 34.0 Å². The zero-order valence-corrected chi connectivity index (χ0v) is 28.5. The van der Waals surface area contributed by atoms with Crippen molar-refractivity contribution in [2.24, 2.45) is 5.92 Å². The van der Waals surface area contributed by atoms with E-state index in [1.54, 1.807) is 37.5 Å². The fraction of sp³-hybridized carbons (Fsp3) is 0.325. The number of methoxy groups -OCH3 is 2. The van der Waals surface area contributed by atoms with Crippen LogP contribution in [0.4, 0.5) is 0 Å². The van der Waals surface area contributed by atoms with Crippen molar-refractivity contribution in [1.82, 2.24) is 0 Å². The van der Waals surface area contributed by atoms with Crippen LogP contribution >= 0.6 is 0 Å². The highest BCUT2D eigenvalue weighted by Gasteiger charge is 2.27. The third kappa shape index (κ3) is 6.94. The van der Waals surface area contributed by atoms with Crippen LogP contribution in [0.15, 0.2) is 54.1 Å². The molecular weight excluding hydrogens is 592 g/mol. The molecule has 0 bridgehead atoms. The molecule has 0 saturated heterocycles. The minimum absolute atomic E-state index is 0.0212. The number of hydrogen-bond acceptors (Lipinski definition) is 7. The second kappa shape index (κ2) is 13.8. The molecule has 47 heavy (non-hydrogen) atoms. The first-order chi connectivity index (χ1) is 22.4. The Kier molecular flexibility index (Phi) is 9.85. The molecule has 2 aliphatic heterocycles. The number of phenols is 2. The second-order valence-corrected chi connectivity index (χ2v) is 12.5. The highest BCUT2D eigenvalue weighted by atomic mass is 16.5. The summed E-state index contributed by atoms with van der Waals surface area (Å²) >= 11 is 0. The maximum Gasteiger partial charge on any atom is 0.196 e. The number of Topliss-reactive ketones (excluding diaryl/α,β-unsaturated/α-hetero) is 1. The van der Waals surface area contributed by atoms with Gasteiger partial charge >= 0.3 is 0 Å². The van der Waals surface area contributed by atoms with Crippen molar-refractivity contribution >= 4 is 11.9 Å². The molecule has 0 fully saturated rings. The average molecular weight is 637 g/mol. The Morgan fingerprint density at radius 1 is 0.766 bits per heavy atom. The Bertz CT molecular complexity index is 1870. The highest BCUT2D eigenvalue weighted by Crippen LogP contribution is 2.37. The number of carbonyl (C=O) groups is 1. The third-order valence-electron chi connectivity index (χ3n) is 9.56. The summed E-state index contributed by atoms with van der Waals surface area (Å²) in [5, 5.41) is 19.8. The van der Waals surface area contributed by atoms with E-state index in [2.05, 4.69) is 26.8 Å². The number of phenolic OH excluding ortho intramolecular Hbond substituents is 2. The average Bonchev–Trinajstić information content (AvgIpc) is 3.05. The molecule has 7 nitrogen and oxygen atoms in total. The van der Waals surface area contributed by atoms with E-state index in [-0.39, 0.29) is 23.9 Å². The van der Waals surface area contributed by atoms with Crippen molar-refractivity contribution in [2.75, 3.05) is 27.4 Å². The fourth-order valence-electron chi connectivity index (χ4n) is 6.29. The predicted octanol–water partition coefficient (Wildman–Crippen LogP) is 8.10. The first kappa shape index (κ1) is 33.5. The van der Waals surface area contributed by atoms with Crippen LogP contribution in [0.1, 0.15) is 60.4 Å². The molecule has 246 valence electrons. The van der Waals surface area contributed by atoms with Gasteiger partial charge in [-0.25, -0.2) is 0 Å². The summed E-state index contributed by atoms with van der Waals surface area (Å²) in [6.45, 7) is 13.4. The van der Waals surface area contributed by atoms with Gasteiger partial charge in [0.1, 0.15) is 18.1 Å². The normalized spacial score (nSPS) is 15.9. The number of aromatic hydroxyl groups is 2. The Morgan fingerprint density at radius 3 is 2.02 bits per heavy atom. The topological polar surface area (TPSA) is 94.5 Å². The maximum absolute atomic E-state index is 12.9. The molecule has 1 atom stereocenters. The minimum Gasteiger partial charge on any atom is -0.504 e. The van der Waals surface area contributed by atoms with Gasteiger partial charge in [-0.3, -0.25) is 4.79 Å². The van der Waals surface area contributed by atoms with Gasteiger partial charge in [0.15, 0.2) is 28.8 Å². The van der Waals surface area contributed by atoms with Gasteiger partial charge in [0, 0.05) is 11.5 Å². The van der Waals surface area contributed by atoms with Crippen LogP contribution in [0.2, 0.25) is 0 Å². The molecule has 0 aromatic heterocycles. The van der Waals surface area contributed by atoms with E-state index in [1.165, 1.54) is 29.4 Å². The zero-order valence-electron chi connectivity index (χ0n) is 28.5. The van der Waals surface area contributed by atoms with Crippen LogP contribution in [-0.2, 0) is 12.8 Å². The smallest absolute Gasteiger partial charge is 0.196 e. The highest BCUT2D eigenvalue weighted by molar-refractivity contribution is 6.15. The number of hydrogen-bond donors (Lipinski definition) is 2. The summed E-state index contributed by atoms with van der Waals surface area (Å²) in [5.41, 5.74) is 11.6. The van der Waals surface area contributed by atoms with Crippen molar-refractivity contribution in [2.45, 2.75) is 54.4 Å². The molecule has 6 rings (SSSR count). The summed E-state index contributed by atoms with van der Waals surface area (Å²) in [5.74, 6) is 3.25. The van der Waals surface area contributed by atoms with Gasteiger partial charge in [-0.05, 0) is 147 Å². The summed E-state index contributed by atoms with van der Waals surface area (Å²) in [6, 6.07) is 14.7. The van der Waals surface area contributed by atoms with Gasteiger partial charge in [-0.1, -0.05) is 12.1 Å². The summed E-state index contributed by atoms with van der Waals surface area (Å²) in [7, 11) is 3.06. The quantitative estimate of drug-likeness (QED) is 0.214. The van der Waals surface area contributed by atoms with Gasteiger partial charge in [0.25, 0.3) is 0 Å². The molecule has 0 spiro atoms. The van der Waals surface area contributed by atoms with Crippen LogP contribution in [-0.4, -0.2) is 43.4 Å². The molecule has 0 amide bonds. The molecule has 1 unspecified atom stereocenters. The Hall–Kier alpha value is -4.91. The second-order valence-electron chi connectivity index (χ2n) is 12.5. The van der Waals surface area contributed by atoms with E-state index in [9.17, 15) is 15.0 Å². The van der Waals surface area contributed by atoms with Crippen molar-refractivity contribution in [3.63, 3.8) is 0 Å². The fourth-order valence-corrected chi connectivity index (χ4v) is 6.29. The lowest BCUT2D eigenvalue weighted by Gasteiger charge is -2.28. The van der Waals surface area contributed by atoms with Gasteiger partial charge in [0.05, 0.1) is 26.4 Å². The van der Waals surface area contributed by atoms with E-state index < -0.39 is 0 Å². The molecule has 2 heterocycles. The van der Waals surface area contributed by atoms with Gasteiger partial charge < -0.3 is 29.2 Å². The van der Waals surface area contributed by atoms with E-state index in [1.807, 2.05) is 39.0 Å². The van der Waals surface area contributed by atoms with Crippen molar-refractivity contribution in [3.05, 3.63) is 110 Å². The lowest BCUT2D eigenvalue weighted by Crippen LogP contribution is -2.24. The Labute approximate surface area is 277 Å². The van der Waals surface area contributed by atoms with Crippen molar-refractivity contribution in [1.29, 1.82) is 0 Å². The molecular formula is C40H44O7. The molecule has 4 aromatic carbocycles. The number of carbonyl (C=O) groups excluding carboxylic acids is 1. The summed E-state index contributed by atoms with van der Waals surface area (Å²) in [6.07, 6.45) is 3.66. The first-order valence-electron chi connectivity index (χ1n) is 15.9. The number of rotatable bonds is 5.